The zero-order valence-electron chi connectivity index (χ0n) is 7.16. The maximum absolute atomic E-state index is 11.2. The Morgan fingerprint density at radius 2 is 2.23 bits per heavy atom. The Kier molecular flexibility index (Phi) is 3.67. The maximum atomic E-state index is 11.2. The van der Waals surface area contributed by atoms with Gasteiger partial charge in [0, 0.05) is 4.90 Å². The van der Waals surface area contributed by atoms with Crippen molar-refractivity contribution in [2.24, 2.45) is 0 Å². The molecule has 0 saturated heterocycles. The van der Waals surface area contributed by atoms with Crippen molar-refractivity contribution in [3.63, 3.8) is 0 Å². The second-order valence-electron chi connectivity index (χ2n) is 2.47. The van der Waals surface area contributed by atoms with Gasteiger partial charge in [-0.2, -0.15) is 0 Å². The molecule has 0 bridgehead atoms. The van der Waals surface area contributed by atoms with Gasteiger partial charge in [0.25, 0.3) is 0 Å². The van der Waals surface area contributed by atoms with E-state index in [-0.39, 0.29) is 41.2 Å². The van der Waals surface area contributed by atoms with Gasteiger partial charge < -0.3 is 10.4 Å². The van der Waals surface area contributed by atoms with E-state index in [0.29, 0.717) is 16.3 Å². The van der Waals surface area contributed by atoms with E-state index >= 15 is 0 Å². The molecule has 0 spiro atoms. The zero-order valence-corrected chi connectivity index (χ0v) is 9.98. The van der Waals surface area contributed by atoms with Gasteiger partial charge in [0.05, 0.1) is 11.4 Å². The van der Waals surface area contributed by atoms with Gasteiger partial charge >= 0.3 is 29.6 Å². The topological polar surface area (TPSA) is 52.2 Å². The van der Waals surface area contributed by atoms with Gasteiger partial charge in [-0.05, 0) is 6.07 Å². The first kappa shape index (κ1) is 10.9. The number of nitrogens with one attached hydrogen (secondary N) is 1. The van der Waals surface area contributed by atoms with Crippen molar-refractivity contribution >= 4 is 23.4 Å². The first-order valence-electron chi connectivity index (χ1n) is 3.50. The fraction of sp³-hybridized carbons (Fsp3) is 0.125. The monoisotopic (exact) mass is 203 g/mol. The van der Waals surface area contributed by atoms with Gasteiger partial charge in [-0.15, -0.1) is 11.8 Å². The number of hydrogen-bond donors (Lipinski definition) is 1. The molecule has 1 aromatic rings. The first-order chi connectivity index (χ1) is 5.77. The van der Waals surface area contributed by atoms with E-state index in [1.807, 2.05) is 0 Å². The SMILES string of the molecule is O=C1CSc2c([O-])cccc2N1.[Na+]. The van der Waals surface area contributed by atoms with E-state index < -0.39 is 0 Å². The summed E-state index contributed by atoms with van der Waals surface area (Å²) in [6, 6.07) is 4.89. The van der Waals surface area contributed by atoms with Crippen LogP contribution in [0.25, 0.3) is 0 Å². The van der Waals surface area contributed by atoms with Gasteiger partial charge in [0.2, 0.25) is 5.91 Å². The molecule has 0 aliphatic carbocycles. The summed E-state index contributed by atoms with van der Waals surface area (Å²) in [6.45, 7) is 0. The fourth-order valence-corrected chi connectivity index (χ4v) is 1.92. The van der Waals surface area contributed by atoms with Crippen LogP contribution in [0.3, 0.4) is 0 Å². The summed E-state index contributed by atoms with van der Waals surface area (Å²) >= 11 is 1.30. The standard InChI is InChI=1S/C8H7NO2S.Na/c10-6-3-1-2-5-8(6)12-4-7(11)9-5;/h1-3,10H,4H2,(H,9,11);/q;+1/p-1. The summed E-state index contributed by atoms with van der Waals surface area (Å²) in [4.78, 5) is 11.6. The third kappa shape index (κ3) is 2.20. The number of rotatable bonds is 0. The van der Waals surface area contributed by atoms with Crippen molar-refractivity contribution in [3.8, 4) is 5.75 Å². The van der Waals surface area contributed by atoms with Crippen LogP contribution in [0.5, 0.6) is 5.75 Å². The van der Waals surface area contributed by atoms with Crippen LogP contribution in [0, 0.1) is 0 Å². The van der Waals surface area contributed by atoms with Crippen molar-refractivity contribution in [3.05, 3.63) is 18.2 Å². The maximum Gasteiger partial charge on any atom is 1.00 e. The minimum Gasteiger partial charge on any atom is -0.872 e. The average Bonchev–Trinajstić information content (AvgIpc) is 2.04. The Balaban J connectivity index is 0.000000845. The van der Waals surface area contributed by atoms with Crippen molar-refractivity contribution in [2.45, 2.75) is 4.90 Å². The summed E-state index contributed by atoms with van der Waals surface area (Å²) in [6.07, 6.45) is 0. The van der Waals surface area contributed by atoms with Crippen LogP contribution in [0.15, 0.2) is 23.1 Å². The van der Waals surface area contributed by atoms with Crippen molar-refractivity contribution in [1.82, 2.24) is 0 Å². The number of amides is 1. The third-order valence-corrected chi connectivity index (χ3v) is 2.72. The van der Waals surface area contributed by atoms with E-state index in [1.54, 1.807) is 12.1 Å². The molecule has 1 aliphatic heterocycles. The molecule has 13 heavy (non-hydrogen) atoms. The molecule has 0 fully saturated rings. The molecule has 62 valence electrons. The molecule has 0 saturated carbocycles. The van der Waals surface area contributed by atoms with E-state index in [0.717, 1.165) is 0 Å². The molecule has 1 N–H and O–H groups in total. The van der Waals surface area contributed by atoms with Crippen molar-refractivity contribution in [2.75, 3.05) is 11.1 Å². The molecule has 2 rings (SSSR count). The molecule has 3 nitrogen and oxygen atoms in total. The quantitative estimate of drug-likeness (QED) is 0.487. The second-order valence-corrected chi connectivity index (χ2v) is 3.46. The molecular formula is C8H6NNaO2S. The third-order valence-electron chi connectivity index (χ3n) is 1.60. The Labute approximate surface area is 102 Å². The summed E-state index contributed by atoms with van der Waals surface area (Å²) in [5, 5.41) is 13.8. The molecule has 0 unspecified atom stereocenters. The molecule has 1 aliphatic rings. The van der Waals surface area contributed by atoms with E-state index in [1.165, 1.54) is 17.8 Å². The van der Waals surface area contributed by atoms with Crippen LogP contribution < -0.4 is 40.0 Å². The minimum atomic E-state index is -0.0434. The van der Waals surface area contributed by atoms with Crippen LogP contribution in [-0.4, -0.2) is 11.7 Å². The molecule has 5 heteroatoms. The van der Waals surface area contributed by atoms with Gasteiger partial charge in [0.1, 0.15) is 0 Å². The summed E-state index contributed by atoms with van der Waals surface area (Å²) in [7, 11) is 0. The van der Waals surface area contributed by atoms with Crippen LogP contribution >= 0.6 is 11.8 Å². The largest absolute Gasteiger partial charge is 1.00 e. The summed E-state index contributed by atoms with van der Waals surface area (Å²) < 4.78 is 0. The summed E-state index contributed by atoms with van der Waals surface area (Å²) in [5.41, 5.74) is 0.642. The smallest absolute Gasteiger partial charge is 0.872 e. The fourth-order valence-electron chi connectivity index (χ4n) is 1.09. The van der Waals surface area contributed by atoms with Crippen LogP contribution in [-0.2, 0) is 4.79 Å². The predicted octanol–water partition coefficient (Wildman–Crippen LogP) is -2.19. The van der Waals surface area contributed by atoms with Gasteiger partial charge in [-0.3, -0.25) is 4.79 Å². The molecule has 0 atom stereocenters. The molecular weight excluding hydrogens is 197 g/mol. The zero-order chi connectivity index (χ0) is 8.55. The first-order valence-corrected chi connectivity index (χ1v) is 4.48. The number of hydrogen-bond acceptors (Lipinski definition) is 3. The van der Waals surface area contributed by atoms with Crippen LogP contribution in [0.2, 0.25) is 0 Å². The summed E-state index contributed by atoms with van der Waals surface area (Å²) in [5.74, 6) is 0.280. The van der Waals surface area contributed by atoms with E-state index in [4.69, 9.17) is 0 Å². The molecule has 1 aromatic carbocycles. The Bertz CT molecular complexity index is 343. The molecule has 0 radical (unpaired) electrons. The van der Waals surface area contributed by atoms with Crippen LogP contribution in [0.4, 0.5) is 5.69 Å². The number of benzene rings is 1. The average molecular weight is 203 g/mol. The number of carbonyl (C=O) groups excluding carboxylic acids is 1. The van der Waals surface area contributed by atoms with E-state index in [9.17, 15) is 9.90 Å². The number of carbonyl (C=O) groups is 1. The van der Waals surface area contributed by atoms with Gasteiger partial charge in [-0.25, -0.2) is 0 Å². The van der Waals surface area contributed by atoms with Gasteiger partial charge in [0.15, 0.2) is 0 Å². The normalized spacial score (nSPS) is 14.0. The minimum absolute atomic E-state index is 0. The second kappa shape index (κ2) is 4.37. The Morgan fingerprint density at radius 3 is 3.00 bits per heavy atom. The Hall–Kier alpha value is -0.160. The number of thioether (sulfide) groups is 1. The molecule has 1 heterocycles. The van der Waals surface area contributed by atoms with Crippen molar-refractivity contribution in [1.29, 1.82) is 0 Å². The van der Waals surface area contributed by atoms with Crippen molar-refractivity contribution < 1.29 is 39.5 Å². The number of anilines is 1. The Morgan fingerprint density at radius 1 is 1.46 bits per heavy atom. The predicted molar refractivity (Wildman–Crippen MR) is 45.2 cm³/mol. The number of fused-ring (bicyclic) bond motifs is 1. The van der Waals surface area contributed by atoms with Crippen LogP contribution in [0.1, 0.15) is 0 Å². The molecule has 1 amide bonds. The molecule has 0 aromatic heterocycles. The van der Waals surface area contributed by atoms with Gasteiger partial charge in [-0.1, -0.05) is 17.9 Å². The van der Waals surface area contributed by atoms with E-state index in [2.05, 4.69) is 5.32 Å².